The summed E-state index contributed by atoms with van der Waals surface area (Å²) in [6.07, 6.45) is 4.60. The fourth-order valence-corrected chi connectivity index (χ4v) is 2.67. The Morgan fingerprint density at radius 3 is 2.86 bits per heavy atom. The molecule has 21 heavy (non-hydrogen) atoms. The molecular formula is C17H23ClN2O. The predicted molar refractivity (Wildman–Crippen MR) is 88.9 cm³/mol. The van der Waals surface area contributed by atoms with Gasteiger partial charge in [-0.05, 0) is 24.1 Å². The molecule has 0 unspecified atom stereocenters. The van der Waals surface area contributed by atoms with Gasteiger partial charge in [-0.25, -0.2) is 0 Å². The van der Waals surface area contributed by atoms with E-state index in [2.05, 4.69) is 31.1 Å². The number of rotatable bonds is 6. The van der Waals surface area contributed by atoms with Gasteiger partial charge in [0.1, 0.15) is 0 Å². The Labute approximate surface area is 131 Å². The lowest BCUT2D eigenvalue weighted by Crippen LogP contribution is -2.36. The van der Waals surface area contributed by atoms with E-state index in [1.165, 1.54) is 5.56 Å². The number of hydrogen-bond acceptors (Lipinski definition) is 1. The van der Waals surface area contributed by atoms with Crippen molar-refractivity contribution in [3.8, 4) is 0 Å². The first-order valence-corrected chi connectivity index (χ1v) is 7.85. The number of benzene rings is 1. The van der Waals surface area contributed by atoms with Gasteiger partial charge in [-0.15, -0.1) is 0 Å². The lowest BCUT2D eigenvalue weighted by Gasteiger charge is -2.25. The molecule has 0 radical (unpaired) electrons. The summed E-state index contributed by atoms with van der Waals surface area (Å²) in [6.45, 7) is 7.01. The van der Waals surface area contributed by atoms with Crippen LogP contribution in [0.4, 0.5) is 0 Å². The maximum absolute atomic E-state index is 11.8. The molecule has 0 bridgehead atoms. The van der Waals surface area contributed by atoms with Crippen LogP contribution in [0.3, 0.4) is 0 Å². The number of fused-ring (bicyclic) bond motifs is 1. The molecule has 0 atom stereocenters. The van der Waals surface area contributed by atoms with Gasteiger partial charge in [0.2, 0.25) is 5.91 Å². The Morgan fingerprint density at radius 2 is 2.14 bits per heavy atom. The van der Waals surface area contributed by atoms with Gasteiger partial charge in [-0.2, -0.15) is 0 Å². The van der Waals surface area contributed by atoms with E-state index < -0.39 is 0 Å². The standard InChI is InChI=1S/C17H23ClN2O/c1-4-5-6-16(21)20-11-17(2,3)14-10-19-15-9-12(18)7-8-13(14)15/h7-10,19H,4-6,11H2,1-3H3,(H,20,21). The van der Waals surface area contributed by atoms with Gasteiger partial charge < -0.3 is 10.3 Å². The van der Waals surface area contributed by atoms with Crippen LogP contribution in [-0.2, 0) is 10.2 Å². The van der Waals surface area contributed by atoms with Gasteiger partial charge in [0.15, 0.2) is 0 Å². The molecule has 1 aromatic carbocycles. The molecule has 2 rings (SSSR count). The third kappa shape index (κ3) is 3.79. The van der Waals surface area contributed by atoms with E-state index in [1.807, 2.05) is 24.4 Å². The van der Waals surface area contributed by atoms with Crippen LogP contribution in [0.5, 0.6) is 0 Å². The van der Waals surface area contributed by atoms with E-state index in [-0.39, 0.29) is 11.3 Å². The number of hydrogen-bond donors (Lipinski definition) is 2. The molecule has 1 amide bonds. The minimum Gasteiger partial charge on any atom is -0.361 e. The minimum absolute atomic E-state index is 0.131. The van der Waals surface area contributed by atoms with Crippen molar-refractivity contribution < 1.29 is 4.79 Å². The van der Waals surface area contributed by atoms with Crippen LogP contribution in [0, 0.1) is 0 Å². The van der Waals surface area contributed by atoms with Gasteiger partial charge in [0.05, 0.1) is 0 Å². The zero-order valence-corrected chi connectivity index (χ0v) is 13.7. The largest absolute Gasteiger partial charge is 0.361 e. The zero-order chi connectivity index (χ0) is 15.5. The van der Waals surface area contributed by atoms with Crippen molar-refractivity contribution in [3.63, 3.8) is 0 Å². The molecule has 0 fully saturated rings. The molecule has 0 aliphatic heterocycles. The first-order valence-electron chi connectivity index (χ1n) is 7.48. The van der Waals surface area contributed by atoms with Crippen LogP contribution in [0.2, 0.25) is 5.02 Å². The number of H-pyrrole nitrogens is 1. The molecule has 114 valence electrons. The summed E-state index contributed by atoms with van der Waals surface area (Å²) < 4.78 is 0. The van der Waals surface area contributed by atoms with E-state index in [9.17, 15) is 4.79 Å². The molecule has 0 spiro atoms. The predicted octanol–water partition coefficient (Wildman–Crippen LogP) is 4.41. The molecule has 0 saturated carbocycles. The van der Waals surface area contributed by atoms with Crippen LogP contribution in [0.1, 0.15) is 45.6 Å². The maximum Gasteiger partial charge on any atom is 0.220 e. The molecule has 2 aromatic rings. The summed E-state index contributed by atoms with van der Waals surface area (Å²) in [6, 6.07) is 5.86. The van der Waals surface area contributed by atoms with Crippen LogP contribution >= 0.6 is 11.6 Å². The summed E-state index contributed by atoms with van der Waals surface area (Å²) >= 11 is 6.02. The molecule has 0 aliphatic rings. The number of aromatic nitrogens is 1. The van der Waals surface area contributed by atoms with Gasteiger partial charge in [0.25, 0.3) is 0 Å². The summed E-state index contributed by atoms with van der Waals surface area (Å²) in [7, 11) is 0. The van der Waals surface area contributed by atoms with E-state index in [0.29, 0.717) is 13.0 Å². The molecule has 0 saturated heterocycles. The zero-order valence-electron chi connectivity index (χ0n) is 12.9. The highest BCUT2D eigenvalue weighted by molar-refractivity contribution is 6.31. The number of carbonyl (C=O) groups excluding carboxylic acids is 1. The normalized spacial score (nSPS) is 11.8. The lowest BCUT2D eigenvalue weighted by atomic mass is 9.84. The third-order valence-electron chi connectivity index (χ3n) is 3.86. The van der Waals surface area contributed by atoms with Crippen molar-refractivity contribution in [2.24, 2.45) is 0 Å². The highest BCUT2D eigenvalue weighted by atomic mass is 35.5. The van der Waals surface area contributed by atoms with Gasteiger partial charge in [0, 0.05) is 40.5 Å². The van der Waals surface area contributed by atoms with E-state index >= 15 is 0 Å². The number of unbranched alkanes of at least 4 members (excludes halogenated alkanes) is 1. The first-order chi connectivity index (χ1) is 9.94. The van der Waals surface area contributed by atoms with Crippen LogP contribution < -0.4 is 5.32 Å². The maximum atomic E-state index is 11.8. The Kier molecular flexibility index (Phi) is 4.94. The molecule has 2 N–H and O–H groups in total. The Morgan fingerprint density at radius 1 is 1.38 bits per heavy atom. The Bertz CT molecular complexity index is 631. The number of carbonyl (C=O) groups is 1. The van der Waals surface area contributed by atoms with Gasteiger partial charge >= 0.3 is 0 Å². The highest BCUT2D eigenvalue weighted by Crippen LogP contribution is 2.31. The smallest absolute Gasteiger partial charge is 0.220 e. The summed E-state index contributed by atoms with van der Waals surface area (Å²) in [5, 5.41) is 4.93. The molecule has 3 nitrogen and oxygen atoms in total. The van der Waals surface area contributed by atoms with Crippen molar-refractivity contribution >= 4 is 28.4 Å². The second kappa shape index (κ2) is 6.52. The van der Waals surface area contributed by atoms with E-state index in [1.54, 1.807) is 0 Å². The average molecular weight is 307 g/mol. The second-order valence-corrected chi connectivity index (χ2v) is 6.59. The Balaban J connectivity index is 2.12. The minimum atomic E-state index is -0.131. The molecule has 0 aliphatic carbocycles. The monoisotopic (exact) mass is 306 g/mol. The van der Waals surface area contributed by atoms with E-state index in [0.717, 1.165) is 28.8 Å². The quantitative estimate of drug-likeness (QED) is 0.816. The summed E-state index contributed by atoms with van der Waals surface area (Å²) in [5.74, 6) is 0.132. The fraction of sp³-hybridized carbons (Fsp3) is 0.471. The van der Waals surface area contributed by atoms with Crippen LogP contribution in [-0.4, -0.2) is 17.4 Å². The third-order valence-corrected chi connectivity index (χ3v) is 4.09. The average Bonchev–Trinajstić information content (AvgIpc) is 2.86. The van der Waals surface area contributed by atoms with Crippen molar-refractivity contribution in [1.82, 2.24) is 10.3 Å². The topological polar surface area (TPSA) is 44.9 Å². The molecule has 4 heteroatoms. The van der Waals surface area contributed by atoms with Crippen LogP contribution in [0.25, 0.3) is 10.9 Å². The first kappa shape index (κ1) is 15.9. The van der Waals surface area contributed by atoms with Gasteiger partial charge in [-0.1, -0.05) is 44.9 Å². The second-order valence-electron chi connectivity index (χ2n) is 6.16. The summed E-state index contributed by atoms with van der Waals surface area (Å²) in [5.41, 5.74) is 2.10. The number of amides is 1. The van der Waals surface area contributed by atoms with E-state index in [4.69, 9.17) is 11.6 Å². The van der Waals surface area contributed by atoms with Gasteiger partial charge in [-0.3, -0.25) is 4.79 Å². The van der Waals surface area contributed by atoms with Crippen LogP contribution in [0.15, 0.2) is 24.4 Å². The highest BCUT2D eigenvalue weighted by Gasteiger charge is 2.24. The lowest BCUT2D eigenvalue weighted by molar-refractivity contribution is -0.121. The number of nitrogens with one attached hydrogen (secondary N) is 2. The Hall–Kier alpha value is -1.48. The fourth-order valence-electron chi connectivity index (χ4n) is 2.50. The van der Waals surface area contributed by atoms with Crippen molar-refractivity contribution in [2.45, 2.75) is 45.4 Å². The van der Waals surface area contributed by atoms with Crippen molar-refractivity contribution in [3.05, 3.63) is 35.0 Å². The number of aromatic amines is 1. The van der Waals surface area contributed by atoms with Crippen molar-refractivity contribution in [2.75, 3.05) is 6.54 Å². The molecular weight excluding hydrogens is 284 g/mol. The molecule has 1 heterocycles. The molecule has 1 aromatic heterocycles. The SMILES string of the molecule is CCCCC(=O)NCC(C)(C)c1c[nH]c2cc(Cl)ccc12. The summed E-state index contributed by atoms with van der Waals surface area (Å²) in [4.78, 5) is 15.0. The van der Waals surface area contributed by atoms with Crippen molar-refractivity contribution in [1.29, 1.82) is 0 Å². The number of halogens is 1.